The van der Waals surface area contributed by atoms with Gasteiger partial charge in [-0.15, -0.1) is 0 Å². The van der Waals surface area contributed by atoms with Crippen LogP contribution in [0.1, 0.15) is 32.6 Å². The Hall–Kier alpha value is -0.360. The summed E-state index contributed by atoms with van der Waals surface area (Å²) in [6, 6.07) is -0.465. The molecule has 1 aliphatic heterocycles. The van der Waals surface area contributed by atoms with Gasteiger partial charge in [0.05, 0.1) is 48.1 Å². The highest BCUT2D eigenvalue weighted by molar-refractivity contribution is 5.45. The van der Waals surface area contributed by atoms with Gasteiger partial charge in [-0.05, 0) is 25.8 Å². The van der Waals surface area contributed by atoms with Crippen molar-refractivity contribution in [2.45, 2.75) is 79.9 Å². The normalized spacial score (nSPS) is 60.3. The van der Waals surface area contributed by atoms with Crippen LogP contribution < -0.4 is 0 Å². The molecule has 1 heterocycles. The summed E-state index contributed by atoms with van der Waals surface area (Å²) < 4.78 is 31.2. The Morgan fingerprint density at radius 1 is 0.943 bits per heavy atom. The number of ether oxygens (including phenoxy) is 5. The summed E-state index contributed by atoms with van der Waals surface area (Å²) >= 11 is 0. The molecule has 0 radical (unpaired) electrons. The van der Waals surface area contributed by atoms with Crippen molar-refractivity contribution in [2.75, 3.05) is 55.2 Å². The van der Waals surface area contributed by atoms with E-state index in [1.165, 1.54) is 0 Å². The lowest BCUT2D eigenvalue weighted by Crippen LogP contribution is -2.86. The molecule has 13 atom stereocenters. The molecule has 0 aromatic heterocycles. The minimum atomic E-state index is -1.48. The molecule has 35 heavy (non-hydrogen) atoms. The third-order valence-corrected chi connectivity index (χ3v) is 12.0. The Morgan fingerprint density at radius 3 is 2.23 bits per heavy atom. The summed E-state index contributed by atoms with van der Waals surface area (Å²) in [5, 5.41) is 37.6. The first-order chi connectivity index (χ1) is 16.7. The van der Waals surface area contributed by atoms with E-state index in [1.54, 1.807) is 35.5 Å². The number of aliphatic hydroxyl groups excluding tert-OH is 1. The van der Waals surface area contributed by atoms with Gasteiger partial charge < -0.3 is 39.0 Å². The third kappa shape index (κ3) is 2.24. The van der Waals surface area contributed by atoms with Gasteiger partial charge in [-0.2, -0.15) is 0 Å². The molecule has 0 aromatic rings. The minimum absolute atomic E-state index is 0.0342. The highest BCUT2D eigenvalue weighted by Gasteiger charge is 2.95. The van der Waals surface area contributed by atoms with Crippen molar-refractivity contribution in [3.63, 3.8) is 0 Å². The van der Waals surface area contributed by atoms with Crippen LogP contribution in [0.5, 0.6) is 0 Å². The van der Waals surface area contributed by atoms with Crippen LogP contribution in [0.2, 0.25) is 0 Å². The average Bonchev–Trinajstić information content (AvgIpc) is 3.22. The second-order valence-corrected chi connectivity index (χ2v) is 12.2. The molecular weight excluding hydrogens is 454 g/mol. The molecule has 5 aliphatic carbocycles. The van der Waals surface area contributed by atoms with Crippen LogP contribution in [-0.2, 0) is 23.7 Å². The summed E-state index contributed by atoms with van der Waals surface area (Å²) in [6.45, 7) is 3.36. The number of aliphatic hydroxyl groups is 3. The van der Waals surface area contributed by atoms with Gasteiger partial charge in [0.1, 0.15) is 11.2 Å². The first kappa shape index (κ1) is 24.9. The Labute approximate surface area is 208 Å². The molecule has 5 saturated carbocycles. The van der Waals surface area contributed by atoms with Crippen LogP contribution in [0, 0.1) is 28.6 Å². The second kappa shape index (κ2) is 7.61. The van der Waals surface area contributed by atoms with Gasteiger partial charge >= 0.3 is 0 Å². The standard InChI is InChI=1S/C26H43NO8/c1-7-27-12-22(13-28)9-8-16(32-3)25-19(22)20(34-5)26(30,21(25)27)24(35-6)11-15(31-2)14-10-23(25,29)18(24)17(14)33-4/h14-21,28-30H,7-13H2,1-6H3/t14-,15+,16+,17+,18-,19-,20+,21-,22+,23+,24-,25-,26-/m1/s1. The lowest BCUT2D eigenvalue weighted by molar-refractivity contribution is -0.362. The molecule has 7 bridgehead atoms. The van der Waals surface area contributed by atoms with E-state index in [1.807, 2.05) is 0 Å². The smallest absolute Gasteiger partial charge is 0.136 e. The highest BCUT2D eigenvalue weighted by Crippen LogP contribution is 2.82. The number of likely N-dealkylation sites (N-methyl/N-ethyl adjacent to an activating group) is 1. The number of hydrogen-bond acceptors (Lipinski definition) is 9. The van der Waals surface area contributed by atoms with Crippen LogP contribution in [0.4, 0.5) is 0 Å². The van der Waals surface area contributed by atoms with Crippen molar-refractivity contribution in [3.8, 4) is 0 Å². The molecule has 6 aliphatic rings. The van der Waals surface area contributed by atoms with Gasteiger partial charge in [0.15, 0.2) is 0 Å². The third-order valence-electron chi connectivity index (χ3n) is 12.0. The van der Waals surface area contributed by atoms with Crippen molar-refractivity contribution in [3.05, 3.63) is 0 Å². The van der Waals surface area contributed by atoms with Crippen molar-refractivity contribution < 1.29 is 39.0 Å². The predicted molar refractivity (Wildman–Crippen MR) is 125 cm³/mol. The summed E-state index contributed by atoms with van der Waals surface area (Å²) in [5.74, 6) is -0.837. The molecule has 9 nitrogen and oxygen atoms in total. The maximum atomic E-state index is 13.3. The number of fused-ring (bicyclic) bond motifs is 2. The van der Waals surface area contributed by atoms with Gasteiger partial charge in [-0.1, -0.05) is 6.92 Å². The van der Waals surface area contributed by atoms with E-state index in [0.717, 1.165) is 6.42 Å². The number of hydrogen-bond donors (Lipinski definition) is 3. The first-order valence-corrected chi connectivity index (χ1v) is 13.2. The number of rotatable bonds is 7. The maximum absolute atomic E-state index is 13.3. The summed E-state index contributed by atoms with van der Waals surface area (Å²) in [6.07, 6.45) is 0.797. The zero-order valence-electron chi connectivity index (χ0n) is 21.9. The van der Waals surface area contributed by atoms with Gasteiger partial charge in [0, 0.05) is 71.7 Å². The fraction of sp³-hybridized carbons (Fsp3) is 1.00. The molecule has 0 unspecified atom stereocenters. The molecule has 1 spiro atoms. The molecule has 200 valence electrons. The fourth-order valence-electron chi connectivity index (χ4n) is 11.4. The molecule has 0 aromatic carbocycles. The van der Waals surface area contributed by atoms with E-state index in [2.05, 4.69) is 11.8 Å². The largest absolute Gasteiger partial charge is 0.396 e. The number of likely N-dealkylation sites (tertiary alicyclic amines) is 1. The first-order valence-electron chi connectivity index (χ1n) is 13.2. The molecule has 3 N–H and O–H groups in total. The second-order valence-electron chi connectivity index (χ2n) is 12.2. The summed E-state index contributed by atoms with van der Waals surface area (Å²) in [7, 11) is 8.37. The Kier molecular flexibility index (Phi) is 5.42. The fourth-order valence-corrected chi connectivity index (χ4v) is 11.4. The van der Waals surface area contributed by atoms with E-state index < -0.39 is 45.7 Å². The summed E-state index contributed by atoms with van der Waals surface area (Å²) in [4.78, 5) is 2.28. The van der Waals surface area contributed by atoms with E-state index in [9.17, 15) is 15.3 Å². The number of nitrogens with zero attached hydrogens (tertiary/aromatic N) is 1. The lowest BCUT2D eigenvalue weighted by Gasteiger charge is -2.72. The molecule has 6 fully saturated rings. The molecule has 1 saturated heterocycles. The van der Waals surface area contributed by atoms with Crippen LogP contribution in [0.3, 0.4) is 0 Å². The van der Waals surface area contributed by atoms with Gasteiger partial charge in [0.25, 0.3) is 0 Å². The van der Waals surface area contributed by atoms with E-state index in [4.69, 9.17) is 23.7 Å². The maximum Gasteiger partial charge on any atom is 0.136 e. The van der Waals surface area contributed by atoms with Crippen molar-refractivity contribution in [1.29, 1.82) is 0 Å². The monoisotopic (exact) mass is 497 g/mol. The Morgan fingerprint density at radius 2 is 1.69 bits per heavy atom. The van der Waals surface area contributed by atoms with E-state index in [-0.39, 0.29) is 36.8 Å². The molecule has 6 rings (SSSR count). The van der Waals surface area contributed by atoms with Crippen molar-refractivity contribution in [2.24, 2.45) is 28.6 Å². The zero-order valence-corrected chi connectivity index (χ0v) is 21.9. The summed E-state index contributed by atoms with van der Waals surface area (Å²) in [5.41, 5.74) is -5.31. The van der Waals surface area contributed by atoms with E-state index in [0.29, 0.717) is 32.4 Å². The molecular formula is C26H43NO8. The molecule has 9 heteroatoms. The minimum Gasteiger partial charge on any atom is -0.396 e. The van der Waals surface area contributed by atoms with Crippen molar-refractivity contribution >= 4 is 0 Å². The van der Waals surface area contributed by atoms with E-state index >= 15 is 0 Å². The number of methoxy groups -OCH3 is 5. The van der Waals surface area contributed by atoms with Crippen LogP contribution in [0.15, 0.2) is 0 Å². The quantitative estimate of drug-likeness (QED) is 0.449. The topological polar surface area (TPSA) is 110 Å². The van der Waals surface area contributed by atoms with Gasteiger partial charge in [-0.3, -0.25) is 4.90 Å². The average molecular weight is 498 g/mol. The van der Waals surface area contributed by atoms with Crippen LogP contribution in [0.25, 0.3) is 0 Å². The Balaban J connectivity index is 1.75. The van der Waals surface area contributed by atoms with Crippen molar-refractivity contribution in [1.82, 2.24) is 4.90 Å². The Bertz CT molecular complexity index is 876. The van der Waals surface area contributed by atoms with Crippen LogP contribution >= 0.6 is 0 Å². The SMILES string of the molecule is CCN1C[C@]2(CO)CC[C@H](OC)[C@@]34[C@@H]2[C@H](OC)[C@@](O)([C@H]13)[C@@]1(OC)C[C@H](OC)[C@H]2C[C@]4(O)[C@H]1[C@H]2OC. The number of piperidine rings is 1. The molecule has 0 amide bonds. The van der Waals surface area contributed by atoms with Crippen LogP contribution in [-0.4, -0.2) is 123 Å². The van der Waals surface area contributed by atoms with Gasteiger partial charge in [-0.25, -0.2) is 0 Å². The van der Waals surface area contributed by atoms with Gasteiger partial charge in [0.2, 0.25) is 0 Å². The zero-order chi connectivity index (χ0) is 25.2. The highest BCUT2D eigenvalue weighted by atomic mass is 16.5. The predicted octanol–water partition coefficient (Wildman–Crippen LogP) is 0.0400. The lowest BCUT2D eigenvalue weighted by atomic mass is 9.41.